The molecule has 0 fully saturated rings. The third kappa shape index (κ3) is 2.19. The van der Waals surface area contributed by atoms with Gasteiger partial charge in [-0.05, 0) is 18.2 Å². The fourth-order valence-electron chi connectivity index (χ4n) is 1.69. The molecule has 0 bridgehead atoms. The van der Waals surface area contributed by atoms with Gasteiger partial charge in [0.05, 0.1) is 21.1 Å². The number of thiophene rings is 1. The number of fused-ring (bicyclic) bond motifs is 1. The van der Waals surface area contributed by atoms with Crippen molar-refractivity contribution >= 4 is 28.6 Å². The van der Waals surface area contributed by atoms with Crippen molar-refractivity contribution in [3.63, 3.8) is 0 Å². The fourth-order valence-corrected chi connectivity index (χ4v) is 2.70. The van der Waals surface area contributed by atoms with Gasteiger partial charge in [-0.15, -0.1) is 11.3 Å². The third-order valence-corrected chi connectivity index (χ3v) is 3.73. The molecule has 0 aliphatic rings. The summed E-state index contributed by atoms with van der Waals surface area (Å²) < 4.78 is 40.2. The molecule has 3 heterocycles. The molecule has 0 radical (unpaired) electrons. The van der Waals surface area contributed by atoms with Crippen molar-refractivity contribution in [2.75, 3.05) is 0 Å². The minimum atomic E-state index is -4.50. The molecule has 19 heavy (non-hydrogen) atoms. The van der Waals surface area contributed by atoms with Crippen LogP contribution in [0, 0.1) is 0 Å². The van der Waals surface area contributed by atoms with Crippen LogP contribution in [0.25, 0.3) is 16.2 Å². The summed E-state index contributed by atoms with van der Waals surface area (Å²) in [7, 11) is 0. The molecule has 8 heteroatoms. The average molecular weight is 304 g/mol. The van der Waals surface area contributed by atoms with E-state index in [0.717, 1.165) is 10.6 Å². The predicted molar refractivity (Wildman–Crippen MR) is 66.3 cm³/mol. The number of rotatable bonds is 1. The van der Waals surface area contributed by atoms with Crippen molar-refractivity contribution in [3.05, 3.63) is 40.5 Å². The van der Waals surface area contributed by atoms with Crippen LogP contribution in [0.2, 0.25) is 4.34 Å². The molecule has 0 N–H and O–H groups in total. The topological polar surface area (TPSA) is 30.2 Å². The van der Waals surface area contributed by atoms with E-state index in [0.29, 0.717) is 9.21 Å². The summed E-state index contributed by atoms with van der Waals surface area (Å²) in [4.78, 5) is 4.73. The molecule has 3 aromatic heterocycles. The van der Waals surface area contributed by atoms with Gasteiger partial charge in [-0.1, -0.05) is 11.6 Å². The fraction of sp³-hybridized carbons (Fsp3) is 0.0909. The van der Waals surface area contributed by atoms with Gasteiger partial charge >= 0.3 is 6.18 Å². The molecule has 3 aromatic rings. The van der Waals surface area contributed by atoms with Crippen LogP contribution in [0.5, 0.6) is 0 Å². The van der Waals surface area contributed by atoms with Crippen molar-refractivity contribution in [1.82, 2.24) is 14.6 Å². The van der Waals surface area contributed by atoms with E-state index in [4.69, 9.17) is 11.6 Å². The van der Waals surface area contributed by atoms with E-state index in [9.17, 15) is 13.2 Å². The number of hydrogen-bond donors (Lipinski definition) is 0. The minimum absolute atomic E-state index is 0.148. The highest BCUT2D eigenvalue weighted by molar-refractivity contribution is 7.19. The van der Waals surface area contributed by atoms with Gasteiger partial charge in [0.1, 0.15) is 0 Å². The molecule has 98 valence electrons. The van der Waals surface area contributed by atoms with Crippen molar-refractivity contribution < 1.29 is 13.2 Å². The molecule has 3 nitrogen and oxygen atoms in total. The Labute approximate surface area is 114 Å². The quantitative estimate of drug-likeness (QED) is 0.676. The largest absolute Gasteiger partial charge is 0.433 e. The first-order valence-corrected chi connectivity index (χ1v) is 6.32. The Morgan fingerprint density at radius 2 is 2.00 bits per heavy atom. The number of halogens is 4. The lowest BCUT2D eigenvalue weighted by Gasteiger charge is -2.10. The summed E-state index contributed by atoms with van der Waals surface area (Å²) >= 11 is 6.97. The molecule has 0 saturated heterocycles. The Bertz CT molecular complexity index is 747. The van der Waals surface area contributed by atoms with Gasteiger partial charge in [0.15, 0.2) is 11.3 Å². The molecular formula is C11H5ClF3N3S. The Balaban J connectivity index is 2.27. The molecule has 0 aliphatic carbocycles. The monoisotopic (exact) mass is 303 g/mol. The van der Waals surface area contributed by atoms with Crippen molar-refractivity contribution in [2.24, 2.45) is 0 Å². The van der Waals surface area contributed by atoms with E-state index < -0.39 is 11.9 Å². The van der Waals surface area contributed by atoms with Crippen LogP contribution in [0.4, 0.5) is 13.2 Å². The predicted octanol–water partition coefficient (Wildman–Crippen LogP) is 4.13. The summed E-state index contributed by atoms with van der Waals surface area (Å²) in [5, 5.41) is 3.64. The van der Waals surface area contributed by atoms with Gasteiger partial charge in [0.25, 0.3) is 0 Å². The molecule has 0 amide bonds. The molecule has 0 aromatic carbocycles. The summed E-state index contributed by atoms with van der Waals surface area (Å²) in [5.74, 6) is 0. The summed E-state index contributed by atoms with van der Waals surface area (Å²) in [5.41, 5.74) is -0.478. The van der Waals surface area contributed by atoms with E-state index in [-0.39, 0.29) is 11.3 Å². The zero-order valence-electron chi connectivity index (χ0n) is 9.15. The lowest BCUT2D eigenvalue weighted by Crippen LogP contribution is -2.13. The van der Waals surface area contributed by atoms with Crippen LogP contribution in [-0.2, 0) is 6.18 Å². The van der Waals surface area contributed by atoms with E-state index >= 15 is 0 Å². The van der Waals surface area contributed by atoms with Crippen molar-refractivity contribution in [1.29, 1.82) is 0 Å². The average Bonchev–Trinajstić information content (AvgIpc) is 2.94. The number of alkyl halides is 3. The second-order valence-electron chi connectivity index (χ2n) is 3.73. The second-order valence-corrected chi connectivity index (χ2v) is 5.44. The maximum Gasteiger partial charge on any atom is 0.433 e. The van der Waals surface area contributed by atoms with Gasteiger partial charge in [-0.2, -0.15) is 18.3 Å². The highest BCUT2D eigenvalue weighted by atomic mass is 35.5. The Morgan fingerprint density at radius 1 is 1.21 bits per heavy atom. The standard InChI is InChI=1S/C11H5ClF3N3S/c12-9-2-1-7(19-9)6-5-8(11(13,14)15)18-10(17-6)3-4-16-18/h1-5H. The molecule has 0 aliphatic heterocycles. The lowest BCUT2D eigenvalue weighted by atomic mass is 10.2. The van der Waals surface area contributed by atoms with Crippen LogP contribution >= 0.6 is 22.9 Å². The van der Waals surface area contributed by atoms with E-state index in [1.165, 1.54) is 23.6 Å². The van der Waals surface area contributed by atoms with Crippen LogP contribution in [0.15, 0.2) is 30.5 Å². The normalized spacial score (nSPS) is 12.2. The Kier molecular flexibility index (Phi) is 2.75. The highest BCUT2D eigenvalue weighted by Crippen LogP contribution is 2.35. The Hall–Kier alpha value is -1.60. The van der Waals surface area contributed by atoms with Crippen molar-refractivity contribution in [2.45, 2.75) is 6.18 Å². The van der Waals surface area contributed by atoms with Crippen LogP contribution in [0.3, 0.4) is 0 Å². The third-order valence-electron chi connectivity index (χ3n) is 2.48. The van der Waals surface area contributed by atoms with E-state index in [1.54, 1.807) is 12.1 Å². The maximum absolute atomic E-state index is 13.0. The van der Waals surface area contributed by atoms with Crippen LogP contribution in [0.1, 0.15) is 5.69 Å². The van der Waals surface area contributed by atoms with E-state index in [2.05, 4.69) is 10.1 Å². The lowest BCUT2D eigenvalue weighted by molar-refractivity contribution is -0.142. The summed E-state index contributed by atoms with van der Waals surface area (Å²) in [6, 6.07) is 5.66. The molecule has 0 unspecified atom stereocenters. The van der Waals surface area contributed by atoms with Gasteiger partial charge in [-0.3, -0.25) is 0 Å². The van der Waals surface area contributed by atoms with Gasteiger partial charge in [0, 0.05) is 6.07 Å². The summed E-state index contributed by atoms with van der Waals surface area (Å²) in [6.45, 7) is 0. The van der Waals surface area contributed by atoms with Crippen LogP contribution < -0.4 is 0 Å². The first kappa shape index (κ1) is 12.4. The smallest absolute Gasteiger partial charge is 0.228 e. The van der Waals surface area contributed by atoms with Gasteiger partial charge in [0.2, 0.25) is 0 Å². The van der Waals surface area contributed by atoms with Gasteiger partial charge < -0.3 is 0 Å². The summed E-state index contributed by atoms with van der Waals surface area (Å²) in [6.07, 6.45) is -3.22. The molecule has 3 rings (SSSR count). The number of nitrogens with zero attached hydrogens (tertiary/aromatic N) is 3. The zero-order chi connectivity index (χ0) is 13.6. The zero-order valence-corrected chi connectivity index (χ0v) is 10.7. The number of aromatic nitrogens is 3. The van der Waals surface area contributed by atoms with Gasteiger partial charge in [-0.25, -0.2) is 9.50 Å². The molecule has 0 atom stereocenters. The molecular weight excluding hydrogens is 299 g/mol. The van der Waals surface area contributed by atoms with Crippen LogP contribution in [-0.4, -0.2) is 14.6 Å². The molecule has 0 saturated carbocycles. The minimum Gasteiger partial charge on any atom is -0.228 e. The second kappa shape index (κ2) is 4.21. The maximum atomic E-state index is 13.0. The first-order valence-electron chi connectivity index (χ1n) is 5.13. The Morgan fingerprint density at radius 3 is 2.63 bits per heavy atom. The van der Waals surface area contributed by atoms with E-state index in [1.807, 2.05) is 0 Å². The first-order chi connectivity index (χ1) is 8.95. The SMILES string of the molecule is FC(F)(F)c1cc(-c2ccc(Cl)s2)nc2ccnn12. The molecule has 0 spiro atoms. The highest BCUT2D eigenvalue weighted by Gasteiger charge is 2.35. The number of hydrogen-bond acceptors (Lipinski definition) is 3. The van der Waals surface area contributed by atoms with Crippen molar-refractivity contribution in [3.8, 4) is 10.6 Å².